The van der Waals surface area contributed by atoms with Crippen LogP contribution in [0.15, 0.2) is 127 Å². The molecule has 2 nitrogen and oxygen atoms in total. The molecule has 0 amide bonds. The highest BCUT2D eigenvalue weighted by molar-refractivity contribution is 5.99. The fraction of sp³-hybridized carbons (Fsp3) is 0.156. The minimum absolute atomic E-state index is 0.0242. The molecule has 5 rings (SSSR count). The zero-order valence-electron chi connectivity index (χ0n) is 19.5. The molecule has 0 spiro atoms. The Morgan fingerprint density at radius 3 is 1.88 bits per heavy atom. The van der Waals surface area contributed by atoms with E-state index in [1.54, 1.807) is 0 Å². The van der Waals surface area contributed by atoms with Gasteiger partial charge in [0.25, 0.3) is 0 Å². The number of benzene rings is 4. The summed E-state index contributed by atoms with van der Waals surface area (Å²) in [5.41, 5.74) is 6.89. The lowest BCUT2D eigenvalue weighted by atomic mass is 9.73. The number of rotatable bonds is 6. The van der Waals surface area contributed by atoms with Crippen molar-refractivity contribution in [3.63, 3.8) is 0 Å². The second kappa shape index (κ2) is 9.93. The van der Waals surface area contributed by atoms with Gasteiger partial charge < -0.3 is 4.90 Å². The summed E-state index contributed by atoms with van der Waals surface area (Å²) in [7, 11) is 0. The van der Waals surface area contributed by atoms with Crippen molar-refractivity contribution in [2.24, 2.45) is 5.92 Å². The predicted molar refractivity (Wildman–Crippen MR) is 139 cm³/mol. The Hall–Kier alpha value is -3.91. The van der Waals surface area contributed by atoms with E-state index in [1.807, 2.05) is 42.5 Å². The van der Waals surface area contributed by atoms with Crippen LogP contribution in [0.2, 0.25) is 0 Å². The van der Waals surface area contributed by atoms with Crippen molar-refractivity contribution in [3.8, 4) is 0 Å². The molecule has 0 bridgehead atoms. The van der Waals surface area contributed by atoms with E-state index in [1.165, 1.54) is 28.0 Å². The number of carbonyl (C=O) groups is 1. The first kappa shape index (κ1) is 21.9. The maximum atomic E-state index is 13.9. The molecule has 0 aliphatic carbocycles. The molecule has 0 unspecified atom stereocenters. The Bertz CT molecular complexity index is 1260. The third kappa shape index (κ3) is 4.45. The monoisotopic (exact) mass is 443 g/mol. The third-order valence-corrected chi connectivity index (χ3v) is 6.79. The van der Waals surface area contributed by atoms with Crippen LogP contribution in [0.3, 0.4) is 0 Å². The second-order valence-corrected chi connectivity index (χ2v) is 8.99. The van der Waals surface area contributed by atoms with E-state index >= 15 is 0 Å². The maximum Gasteiger partial charge on any atom is 0.168 e. The minimum atomic E-state index is -0.166. The molecule has 0 fully saturated rings. The van der Waals surface area contributed by atoms with E-state index in [0.717, 1.165) is 12.1 Å². The second-order valence-electron chi connectivity index (χ2n) is 8.99. The van der Waals surface area contributed by atoms with E-state index in [4.69, 9.17) is 0 Å². The Morgan fingerprint density at radius 1 is 0.735 bits per heavy atom. The Balaban J connectivity index is 1.66. The maximum absolute atomic E-state index is 13.9. The van der Waals surface area contributed by atoms with Gasteiger partial charge in [-0.2, -0.15) is 0 Å². The predicted octanol–water partition coefficient (Wildman–Crippen LogP) is 7.22. The van der Waals surface area contributed by atoms with Gasteiger partial charge >= 0.3 is 0 Å². The van der Waals surface area contributed by atoms with Crippen molar-refractivity contribution in [2.45, 2.75) is 19.4 Å². The van der Waals surface area contributed by atoms with Gasteiger partial charge in [0.1, 0.15) is 0 Å². The molecular formula is C32H29NO. The van der Waals surface area contributed by atoms with Gasteiger partial charge in [0.2, 0.25) is 0 Å². The molecule has 0 saturated heterocycles. The fourth-order valence-corrected chi connectivity index (χ4v) is 5.28. The van der Waals surface area contributed by atoms with Gasteiger partial charge in [-0.05, 0) is 29.2 Å². The lowest BCUT2D eigenvalue weighted by Crippen LogP contribution is -2.41. The molecule has 2 heteroatoms. The quantitative estimate of drug-likeness (QED) is 0.293. The Kier molecular flexibility index (Phi) is 6.40. The first-order valence-corrected chi connectivity index (χ1v) is 11.9. The van der Waals surface area contributed by atoms with Crippen LogP contribution in [0.25, 0.3) is 5.70 Å². The van der Waals surface area contributed by atoms with E-state index in [-0.39, 0.29) is 17.6 Å². The van der Waals surface area contributed by atoms with Gasteiger partial charge in [-0.15, -0.1) is 0 Å². The number of carbonyl (C=O) groups excluding carboxylic acids is 1. The van der Waals surface area contributed by atoms with Crippen molar-refractivity contribution < 1.29 is 4.79 Å². The highest BCUT2D eigenvalue weighted by Gasteiger charge is 2.39. The van der Waals surface area contributed by atoms with Crippen molar-refractivity contribution in [1.29, 1.82) is 0 Å². The molecule has 1 aliphatic heterocycles. The highest BCUT2D eigenvalue weighted by Crippen LogP contribution is 2.44. The number of allylic oxidation sites excluding steroid dienone is 1. The van der Waals surface area contributed by atoms with Crippen molar-refractivity contribution in [3.05, 3.63) is 149 Å². The van der Waals surface area contributed by atoms with Crippen LogP contribution < -0.4 is 0 Å². The minimum Gasteiger partial charge on any atom is -0.366 e. The van der Waals surface area contributed by atoms with Crippen LogP contribution >= 0.6 is 0 Å². The van der Waals surface area contributed by atoms with Gasteiger partial charge in [0.15, 0.2) is 5.78 Å². The first-order chi connectivity index (χ1) is 16.7. The van der Waals surface area contributed by atoms with Crippen molar-refractivity contribution in [1.82, 2.24) is 4.90 Å². The fourth-order valence-electron chi connectivity index (χ4n) is 5.28. The van der Waals surface area contributed by atoms with Crippen molar-refractivity contribution >= 4 is 11.5 Å². The standard InChI is InChI=1S/C32H29NO/c1-24-30(26-16-8-3-9-17-26)29(32(34)28-20-12-5-13-21-28)23-33(22-25-14-6-2-7-15-25)31(24)27-18-10-4-11-19-27/h2-21,29-30H,22-23H2,1H3/t29-,30+/m0/s1. The summed E-state index contributed by atoms with van der Waals surface area (Å²) < 4.78 is 0. The van der Waals surface area contributed by atoms with Crippen LogP contribution in [0.4, 0.5) is 0 Å². The molecule has 0 radical (unpaired) electrons. The van der Waals surface area contributed by atoms with Crippen LogP contribution in [0.1, 0.15) is 39.9 Å². The Labute approximate surface area is 202 Å². The molecule has 34 heavy (non-hydrogen) atoms. The van der Waals surface area contributed by atoms with E-state index < -0.39 is 0 Å². The molecular weight excluding hydrogens is 414 g/mol. The van der Waals surface area contributed by atoms with Crippen LogP contribution in [-0.4, -0.2) is 17.2 Å². The van der Waals surface area contributed by atoms with Crippen LogP contribution in [0.5, 0.6) is 0 Å². The number of ketones is 1. The summed E-state index contributed by atoms with van der Waals surface area (Å²) in [6, 6.07) is 41.4. The first-order valence-electron chi connectivity index (χ1n) is 11.9. The van der Waals surface area contributed by atoms with Crippen LogP contribution in [0, 0.1) is 5.92 Å². The molecule has 1 heterocycles. The molecule has 0 aromatic heterocycles. The number of nitrogens with zero attached hydrogens (tertiary/aromatic N) is 1. The van der Waals surface area contributed by atoms with Gasteiger partial charge in [0.05, 0.1) is 5.92 Å². The lowest BCUT2D eigenvalue weighted by molar-refractivity contribution is 0.0872. The van der Waals surface area contributed by atoms with Gasteiger partial charge in [0, 0.05) is 30.3 Å². The molecule has 4 aromatic carbocycles. The summed E-state index contributed by atoms with van der Waals surface area (Å²) in [5, 5.41) is 0. The third-order valence-electron chi connectivity index (χ3n) is 6.79. The van der Waals surface area contributed by atoms with Crippen LogP contribution in [-0.2, 0) is 6.54 Å². The van der Waals surface area contributed by atoms with Gasteiger partial charge in [-0.3, -0.25) is 4.79 Å². The van der Waals surface area contributed by atoms with E-state index in [9.17, 15) is 4.79 Å². The average Bonchev–Trinajstić information content (AvgIpc) is 2.90. The number of hydrogen-bond acceptors (Lipinski definition) is 2. The van der Waals surface area contributed by atoms with E-state index in [2.05, 4.69) is 90.7 Å². The SMILES string of the molecule is CC1=C(c2ccccc2)N(Cc2ccccc2)C[C@H](C(=O)c2ccccc2)[C@H]1c1ccccc1. The van der Waals surface area contributed by atoms with Crippen molar-refractivity contribution in [2.75, 3.05) is 6.54 Å². The largest absolute Gasteiger partial charge is 0.366 e. The number of Topliss-reactive ketones (excluding diaryl/α,β-unsaturated/α-hetero) is 1. The molecule has 168 valence electrons. The zero-order valence-corrected chi connectivity index (χ0v) is 19.5. The summed E-state index contributed by atoms with van der Waals surface area (Å²) in [4.78, 5) is 16.3. The highest BCUT2D eigenvalue weighted by atomic mass is 16.1. The molecule has 2 atom stereocenters. The molecule has 0 N–H and O–H groups in total. The topological polar surface area (TPSA) is 20.3 Å². The summed E-state index contributed by atoms with van der Waals surface area (Å²) in [6.45, 7) is 3.65. The lowest BCUT2D eigenvalue weighted by Gasteiger charge is -2.42. The summed E-state index contributed by atoms with van der Waals surface area (Å²) in [6.07, 6.45) is 0. The summed E-state index contributed by atoms with van der Waals surface area (Å²) in [5.74, 6) is 0.0658. The molecule has 4 aromatic rings. The number of hydrogen-bond donors (Lipinski definition) is 0. The van der Waals surface area contributed by atoms with Gasteiger partial charge in [-0.1, -0.05) is 121 Å². The average molecular weight is 444 g/mol. The zero-order chi connectivity index (χ0) is 23.3. The normalized spacial score (nSPS) is 18.1. The molecule has 0 saturated carbocycles. The smallest absolute Gasteiger partial charge is 0.168 e. The van der Waals surface area contributed by atoms with E-state index in [0.29, 0.717) is 6.54 Å². The summed E-state index contributed by atoms with van der Waals surface area (Å²) >= 11 is 0. The molecule has 1 aliphatic rings. The Morgan fingerprint density at radius 2 is 1.26 bits per heavy atom. The van der Waals surface area contributed by atoms with Gasteiger partial charge in [-0.25, -0.2) is 0 Å².